The van der Waals surface area contributed by atoms with E-state index in [1.165, 1.54) is 0 Å². The summed E-state index contributed by atoms with van der Waals surface area (Å²) in [7, 11) is -3.80. The van der Waals surface area contributed by atoms with Gasteiger partial charge in [-0.25, -0.2) is 8.42 Å². The standard InChI is InChI=1S/C7H13NO5S/c1-5(7(10)11)14(12,13)8-3-2-6(9)4-8/h5-6,9H,2-4H2,1H3,(H,10,11)/t5?,6-/m1/s1. The van der Waals surface area contributed by atoms with E-state index in [9.17, 15) is 13.2 Å². The van der Waals surface area contributed by atoms with Crippen molar-refractivity contribution in [3.8, 4) is 0 Å². The third-order valence-electron chi connectivity index (χ3n) is 2.28. The van der Waals surface area contributed by atoms with Crippen LogP contribution in [0.4, 0.5) is 0 Å². The van der Waals surface area contributed by atoms with E-state index in [0.29, 0.717) is 6.42 Å². The minimum Gasteiger partial charge on any atom is -0.480 e. The quantitative estimate of drug-likeness (QED) is 0.630. The third-order valence-corrected chi connectivity index (χ3v) is 4.43. The summed E-state index contributed by atoms with van der Waals surface area (Å²) in [6.45, 7) is 1.32. The first-order valence-corrected chi connectivity index (χ1v) is 5.76. The van der Waals surface area contributed by atoms with Gasteiger partial charge in [0.25, 0.3) is 0 Å². The fraction of sp³-hybridized carbons (Fsp3) is 0.857. The van der Waals surface area contributed by atoms with Gasteiger partial charge in [0.15, 0.2) is 5.25 Å². The first-order valence-electron chi connectivity index (χ1n) is 4.25. The van der Waals surface area contributed by atoms with Crippen LogP contribution in [-0.2, 0) is 14.8 Å². The Bertz CT molecular complexity index is 325. The molecule has 1 aliphatic rings. The highest BCUT2D eigenvalue weighted by atomic mass is 32.2. The van der Waals surface area contributed by atoms with Crippen molar-refractivity contribution >= 4 is 16.0 Å². The van der Waals surface area contributed by atoms with Gasteiger partial charge in [0.2, 0.25) is 10.0 Å². The van der Waals surface area contributed by atoms with E-state index >= 15 is 0 Å². The summed E-state index contributed by atoms with van der Waals surface area (Å²) in [5, 5.41) is 16.3. The summed E-state index contributed by atoms with van der Waals surface area (Å²) in [5.41, 5.74) is 0. The van der Waals surface area contributed by atoms with Gasteiger partial charge >= 0.3 is 5.97 Å². The van der Waals surface area contributed by atoms with Crippen LogP contribution in [-0.4, -0.2) is 53.3 Å². The van der Waals surface area contributed by atoms with E-state index in [1.807, 2.05) is 0 Å². The normalized spacial score (nSPS) is 26.3. The van der Waals surface area contributed by atoms with Crippen LogP contribution < -0.4 is 0 Å². The van der Waals surface area contributed by atoms with Crippen LogP contribution in [0.1, 0.15) is 13.3 Å². The number of aliphatic hydroxyl groups is 1. The van der Waals surface area contributed by atoms with Gasteiger partial charge in [0.1, 0.15) is 0 Å². The lowest BCUT2D eigenvalue weighted by molar-refractivity contribution is -0.136. The zero-order valence-corrected chi connectivity index (χ0v) is 8.57. The molecule has 0 aromatic carbocycles. The lowest BCUT2D eigenvalue weighted by Crippen LogP contribution is -2.40. The van der Waals surface area contributed by atoms with Crippen LogP contribution in [0, 0.1) is 0 Å². The molecule has 0 aliphatic carbocycles. The van der Waals surface area contributed by atoms with Crippen LogP contribution in [0.2, 0.25) is 0 Å². The summed E-state index contributed by atoms with van der Waals surface area (Å²) < 4.78 is 24.1. The second kappa shape index (κ2) is 3.84. The molecule has 0 spiro atoms. The van der Waals surface area contributed by atoms with Gasteiger partial charge in [0, 0.05) is 13.1 Å². The lowest BCUT2D eigenvalue weighted by atomic mass is 10.3. The van der Waals surface area contributed by atoms with E-state index < -0.39 is 27.3 Å². The van der Waals surface area contributed by atoms with Gasteiger partial charge in [-0.2, -0.15) is 4.31 Å². The summed E-state index contributed by atoms with van der Waals surface area (Å²) in [6.07, 6.45) is -0.309. The van der Waals surface area contributed by atoms with E-state index in [0.717, 1.165) is 11.2 Å². The van der Waals surface area contributed by atoms with Crippen molar-refractivity contribution in [2.45, 2.75) is 24.7 Å². The Kier molecular flexibility index (Phi) is 3.13. The van der Waals surface area contributed by atoms with Crippen molar-refractivity contribution in [3.63, 3.8) is 0 Å². The largest absolute Gasteiger partial charge is 0.480 e. The van der Waals surface area contributed by atoms with Crippen LogP contribution in [0.3, 0.4) is 0 Å². The predicted octanol–water partition coefficient (Wildman–Crippen LogP) is -1.14. The average molecular weight is 223 g/mol. The molecule has 0 aromatic heterocycles. The highest BCUT2D eigenvalue weighted by molar-refractivity contribution is 7.90. The molecule has 82 valence electrons. The van der Waals surface area contributed by atoms with Gasteiger partial charge in [0.05, 0.1) is 6.10 Å². The minimum atomic E-state index is -3.80. The van der Waals surface area contributed by atoms with Crippen molar-refractivity contribution in [2.75, 3.05) is 13.1 Å². The Hall–Kier alpha value is -0.660. The molecule has 1 saturated heterocycles. The number of aliphatic hydroxyl groups excluding tert-OH is 1. The van der Waals surface area contributed by atoms with E-state index in [4.69, 9.17) is 10.2 Å². The molecule has 0 aromatic rings. The maximum atomic E-state index is 11.6. The first-order chi connectivity index (χ1) is 6.35. The molecule has 1 rings (SSSR count). The minimum absolute atomic E-state index is 0.0000463. The highest BCUT2D eigenvalue weighted by Crippen LogP contribution is 2.17. The molecule has 2 atom stereocenters. The van der Waals surface area contributed by atoms with Crippen molar-refractivity contribution in [1.29, 1.82) is 0 Å². The van der Waals surface area contributed by atoms with Crippen molar-refractivity contribution < 1.29 is 23.4 Å². The predicted molar refractivity (Wildman–Crippen MR) is 48.2 cm³/mol. The second-order valence-electron chi connectivity index (χ2n) is 3.33. The van der Waals surface area contributed by atoms with E-state index in [2.05, 4.69) is 0 Å². The number of rotatable bonds is 3. The summed E-state index contributed by atoms with van der Waals surface area (Å²) in [6, 6.07) is 0. The monoisotopic (exact) mass is 223 g/mol. The van der Waals surface area contributed by atoms with Gasteiger partial charge in [-0.15, -0.1) is 0 Å². The molecule has 2 N–H and O–H groups in total. The molecule has 1 heterocycles. The van der Waals surface area contributed by atoms with Crippen molar-refractivity contribution in [2.24, 2.45) is 0 Å². The molecular weight excluding hydrogens is 210 g/mol. The van der Waals surface area contributed by atoms with Gasteiger partial charge < -0.3 is 10.2 Å². The molecule has 1 fully saturated rings. The molecule has 0 radical (unpaired) electrons. The number of carboxylic acids is 1. The Morgan fingerprint density at radius 3 is 2.50 bits per heavy atom. The fourth-order valence-electron chi connectivity index (χ4n) is 1.29. The number of carbonyl (C=O) groups is 1. The molecular formula is C7H13NO5S. The third kappa shape index (κ3) is 2.05. The lowest BCUT2D eigenvalue weighted by Gasteiger charge is -2.18. The Balaban J connectivity index is 2.81. The number of hydrogen-bond acceptors (Lipinski definition) is 4. The Labute approximate surface area is 82.2 Å². The smallest absolute Gasteiger partial charge is 0.323 e. The molecule has 6 nitrogen and oxygen atoms in total. The van der Waals surface area contributed by atoms with Crippen LogP contribution in [0.5, 0.6) is 0 Å². The number of β-amino-alcohol motifs (C(OH)–C–C–N with tert-alkyl or cyclic N) is 1. The number of hydrogen-bond donors (Lipinski definition) is 2. The van der Waals surface area contributed by atoms with Crippen molar-refractivity contribution in [1.82, 2.24) is 4.31 Å². The summed E-state index contributed by atoms with van der Waals surface area (Å²) >= 11 is 0. The maximum Gasteiger partial charge on any atom is 0.323 e. The maximum absolute atomic E-state index is 11.6. The topological polar surface area (TPSA) is 94.9 Å². The molecule has 14 heavy (non-hydrogen) atoms. The van der Waals surface area contributed by atoms with E-state index in [1.54, 1.807) is 0 Å². The molecule has 1 unspecified atom stereocenters. The fourth-order valence-corrected chi connectivity index (χ4v) is 2.73. The second-order valence-corrected chi connectivity index (χ2v) is 5.58. The molecule has 0 bridgehead atoms. The zero-order valence-electron chi connectivity index (χ0n) is 7.75. The number of carboxylic acid groups (broad SMARTS) is 1. The SMILES string of the molecule is CC(C(=O)O)S(=O)(=O)N1CC[C@@H](O)C1. The van der Waals surface area contributed by atoms with Gasteiger partial charge in [-0.3, -0.25) is 4.79 Å². The first kappa shape index (κ1) is 11.4. The molecule has 7 heteroatoms. The van der Waals surface area contributed by atoms with Gasteiger partial charge in [-0.1, -0.05) is 0 Å². The van der Waals surface area contributed by atoms with E-state index in [-0.39, 0.29) is 13.1 Å². The summed E-state index contributed by atoms with van der Waals surface area (Å²) in [5.74, 6) is -1.37. The van der Waals surface area contributed by atoms with Crippen LogP contribution >= 0.6 is 0 Å². The van der Waals surface area contributed by atoms with Crippen LogP contribution in [0.15, 0.2) is 0 Å². The number of aliphatic carboxylic acids is 1. The highest BCUT2D eigenvalue weighted by Gasteiger charge is 2.37. The molecule has 0 saturated carbocycles. The van der Waals surface area contributed by atoms with Crippen molar-refractivity contribution in [3.05, 3.63) is 0 Å². The molecule has 1 aliphatic heterocycles. The zero-order chi connectivity index (χ0) is 10.9. The molecule has 0 amide bonds. The summed E-state index contributed by atoms with van der Waals surface area (Å²) in [4.78, 5) is 10.5. The average Bonchev–Trinajstić information content (AvgIpc) is 2.50. The Morgan fingerprint density at radius 2 is 2.14 bits per heavy atom. The van der Waals surface area contributed by atoms with Gasteiger partial charge in [-0.05, 0) is 13.3 Å². The van der Waals surface area contributed by atoms with Crippen LogP contribution in [0.25, 0.3) is 0 Å². The number of sulfonamides is 1. The Morgan fingerprint density at radius 1 is 1.57 bits per heavy atom. The number of nitrogens with zero attached hydrogens (tertiary/aromatic N) is 1.